The number of pyridine rings is 1. The van der Waals surface area contributed by atoms with E-state index in [9.17, 15) is 0 Å². The molecule has 2 rings (SSSR count). The molecule has 0 aliphatic heterocycles. The van der Waals surface area contributed by atoms with Crippen LogP contribution in [0.5, 0.6) is 0 Å². The average molecular weight is 243 g/mol. The molecule has 1 aliphatic carbocycles. The van der Waals surface area contributed by atoms with Gasteiger partial charge in [0.15, 0.2) is 0 Å². The Morgan fingerprint density at radius 3 is 2.61 bits per heavy atom. The topological polar surface area (TPSA) is 48.7 Å². The predicted octanol–water partition coefficient (Wildman–Crippen LogP) is 3.64. The Balaban J connectivity index is 2.07. The van der Waals surface area contributed by atoms with Crippen molar-refractivity contribution in [3.05, 3.63) is 23.4 Å². The van der Waals surface area contributed by atoms with Crippen LogP contribution < -0.4 is 5.32 Å². The molecule has 0 radical (unpaired) electrons. The first kappa shape index (κ1) is 12.9. The van der Waals surface area contributed by atoms with Crippen LogP contribution in [0.2, 0.25) is 0 Å². The van der Waals surface area contributed by atoms with E-state index in [4.69, 9.17) is 5.26 Å². The first-order valence-electron chi connectivity index (χ1n) is 6.64. The third-order valence-corrected chi connectivity index (χ3v) is 3.83. The maximum absolute atomic E-state index is 9.09. The fourth-order valence-electron chi connectivity index (χ4n) is 2.49. The number of anilines is 1. The van der Waals surface area contributed by atoms with Gasteiger partial charge in [0.1, 0.15) is 11.9 Å². The van der Waals surface area contributed by atoms with Crippen molar-refractivity contribution in [3.8, 4) is 6.07 Å². The largest absolute Gasteiger partial charge is 0.366 e. The minimum absolute atomic E-state index is 0.458. The second-order valence-corrected chi connectivity index (χ2v) is 6.04. The minimum atomic E-state index is 0.458. The summed E-state index contributed by atoms with van der Waals surface area (Å²) in [5, 5.41) is 12.5. The van der Waals surface area contributed by atoms with Crippen LogP contribution in [0.1, 0.15) is 50.8 Å². The maximum atomic E-state index is 9.09. The lowest BCUT2D eigenvalue weighted by Gasteiger charge is -2.34. The van der Waals surface area contributed by atoms with Gasteiger partial charge in [0, 0.05) is 11.7 Å². The van der Waals surface area contributed by atoms with Crippen molar-refractivity contribution >= 4 is 5.82 Å². The molecule has 0 bridgehead atoms. The van der Waals surface area contributed by atoms with Gasteiger partial charge in [0.25, 0.3) is 0 Å². The zero-order valence-corrected chi connectivity index (χ0v) is 11.5. The molecular formula is C15H21N3. The summed E-state index contributed by atoms with van der Waals surface area (Å²) in [6, 6.07) is 6.39. The molecule has 1 aromatic rings. The normalized spacial score (nSPS) is 19.2. The molecule has 1 N–H and O–H groups in total. The first-order valence-corrected chi connectivity index (χ1v) is 6.64. The van der Waals surface area contributed by atoms with Gasteiger partial charge in [-0.2, -0.15) is 5.26 Å². The van der Waals surface area contributed by atoms with Crippen LogP contribution in [0.4, 0.5) is 5.82 Å². The van der Waals surface area contributed by atoms with E-state index < -0.39 is 0 Å². The van der Waals surface area contributed by atoms with Gasteiger partial charge in [-0.3, -0.25) is 0 Å². The highest BCUT2D eigenvalue weighted by Gasteiger charge is 2.27. The van der Waals surface area contributed by atoms with Crippen molar-refractivity contribution in [1.29, 1.82) is 5.26 Å². The smallest absolute Gasteiger partial charge is 0.144 e. The second kappa shape index (κ2) is 4.97. The molecule has 18 heavy (non-hydrogen) atoms. The van der Waals surface area contributed by atoms with E-state index in [0.717, 1.165) is 24.4 Å². The number of aryl methyl sites for hydroxylation is 1. The average Bonchev–Trinajstić information content (AvgIpc) is 2.32. The van der Waals surface area contributed by atoms with E-state index in [1.807, 2.05) is 19.1 Å². The maximum Gasteiger partial charge on any atom is 0.144 e. The molecular weight excluding hydrogens is 222 g/mol. The summed E-state index contributed by atoms with van der Waals surface area (Å²) in [4.78, 5) is 4.44. The van der Waals surface area contributed by atoms with Crippen LogP contribution in [0.25, 0.3) is 0 Å². The summed E-state index contributed by atoms with van der Waals surface area (Å²) < 4.78 is 0. The Morgan fingerprint density at radius 1 is 1.33 bits per heavy atom. The fourth-order valence-corrected chi connectivity index (χ4v) is 2.49. The van der Waals surface area contributed by atoms with Crippen LogP contribution in [0.15, 0.2) is 12.1 Å². The molecule has 0 spiro atoms. The van der Waals surface area contributed by atoms with Crippen LogP contribution in [-0.4, -0.2) is 11.0 Å². The van der Waals surface area contributed by atoms with Crippen molar-refractivity contribution in [3.63, 3.8) is 0 Å². The number of rotatable bonds is 2. The van der Waals surface area contributed by atoms with Crippen LogP contribution in [0, 0.1) is 23.7 Å². The molecule has 0 saturated heterocycles. The van der Waals surface area contributed by atoms with Gasteiger partial charge in [-0.25, -0.2) is 4.98 Å². The minimum Gasteiger partial charge on any atom is -0.366 e. The lowest BCUT2D eigenvalue weighted by molar-refractivity contribution is 0.232. The predicted molar refractivity (Wildman–Crippen MR) is 73.3 cm³/mol. The lowest BCUT2D eigenvalue weighted by atomic mass is 9.75. The molecule has 1 fully saturated rings. The van der Waals surface area contributed by atoms with Crippen molar-refractivity contribution < 1.29 is 0 Å². The highest BCUT2D eigenvalue weighted by molar-refractivity contribution is 5.52. The zero-order valence-electron chi connectivity index (χ0n) is 11.5. The third kappa shape index (κ3) is 3.01. The Kier molecular flexibility index (Phi) is 3.56. The highest BCUT2D eigenvalue weighted by atomic mass is 15.0. The Hall–Kier alpha value is -1.56. The van der Waals surface area contributed by atoms with Crippen LogP contribution >= 0.6 is 0 Å². The SMILES string of the molecule is Cc1ccc(C#N)c(NC2CCC(C)(C)CC2)n1. The summed E-state index contributed by atoms with van der Waals surface area (Å²) in [5.74, 6) is 0.752. The van der Waals surface area contributed by atoms with Gasteiger partial charge in [0.2, 0.25) is 0 Å². The van der Waals surface area contributed by atoms with Gasteiger partial charge in [0.05, 0.1) is 5.56 Å². The van der Waals surface area contributed by atoms with Crippen molar-refractivity contribution in [2.45, 2.75) is 52.5 Å². The number of nitrogens with zero attached hydrogens (tertiary/aromatic N) is 2. The Bertz CT molecular complexity index is 461. The van der Waals surface area contributed by atoms with Crippen molar-refractivity contribution in [2.75, 3.05) is 5.32 Å². The quantitative estimate of drug-likeness (QED) is 0.862. The molecule has 1 aliphatic rings. The van der Waals surface area contributed by atoms with E-state index in [1.54, 1.807) is 0 Å². The van der Waals surface area contributed by atoms with E-state index in [1.165, 1.54) is 12.8 Å². The van der Waals surface area contributed by atoms with Gasteiger partial charge in [-0.05, 0) is 50.2 Å². The van der Waals surface area contributed by atoms with E-state index in [2.05, 4.69) is 30.2 Å². The Morgan fingerprint density at radius 2 is 2.00 bits per heavy atom. The standard InChI is InChI=1S/C15H21N3/c1-11-4-5-12(10-16)14(17-11)18-13-6-8-15(2,3)9-7-13/h4-5,13H,6-9H2,1-3H3,(H,17,18). The van der Waals surface area contributed by atoms with E-state index in [0.29, 0.717) is 17.0 Å². The van der Waals surface area contributed by atoms with Gasteiger partial charge < -0.3 is 5.32 Å². The summed E-state index contributed by atoms with van der Waals surface area (Å²) in [7, 11) is 0. The van der Waals surface area contributed by atoms with Gasteiger partial charge >= 0.3 is 0 Å². The molecule has 3 heteroatoms. The summed E-state index contributed by atoms with van der Waals surface area (Å²) in [6.45, 7) is 6.61. The highest BCUT2D eigenvalue weighted by Crippen LogP contribution is 2.36. The van der Waals surface area contributed by atoms with Crippen molar-refractivity contribution in [2.24, 2.45) is 5.41 Å². The summed E-state index contributed by atoms with van der Waals surface area (Å²) >= 11 is 0. The second-order valence-electron chi connectivity index (χ2n) is 6.04. The van der Waals surface area contributed by atoms with E-state index >= 15 is 0 Å². The number of hydrogen-bond donors (Lipinski definition) is 1. The number of nitrogens with one attached hydrogen (secondary N) is 1. The first-order chi connectivity index (χ1) is 8.50. The van der Waals surface area contributed by atoms with E-state index in [-0.39, 0.29) is 0 Å². The molecule has 0 unspecified atom stereocenters. The van der Waals surface area contributed by atoms with Crippen molar-refractivity contribution in [1.82, 2.24) is 4.98 Å². The monoisotopic (exact) mass is 243 g/mol. The number of aromatic nitrogens is 1. The summed E-state index contributed by atoms with van der Waals surface area (Å²) in [6.07, 6.45) is 4.79. The number of hydrogen-bond acceptors (Lipinski definition) is 3. The Labute approximate surface area is 109 Å². The molecule has 1 saturated carbocycles. The molecule has 0 atom stereocenters. The van der Waals surface area contributed by atoms with Crippen LogP contribution in [-0.2, 0) is 0 Å². The summed E-state index contributed by atoms with van der Waals surface area (Å²) in [5.41, 5.74) is 2.06. The molecule has 1 heterocycles. The molecule has 0 aromatic carbocycles. The third-order valence-electron chi connectivity index (χ3n) is 3.83. The number of nitriles is 1. The van der Waals surface area contributed by atoms with Crippen LogP contribution in [0.3, 0.4) is 0 Å². The molecule has 1 aromatic heterocycles. The molecule has 96 valence electrons. The van der Waals surface area contributed by atoms with Gasteiger partial charge in [-0.15, -0.1) is 0 Å². The lowest BCUT2D eigenvalue weighted by Crippen LogP contribution is -2.30. The molecule has 0 amide bonds. The van der Waals surface area contributed by atoms with Gasteiger partial charge in [-0.1, -0.05) is 13.8 Å². The zero-order chi connectivity index (χ0) is 13.2. The molecule has 3 nitrogen and oxygen atoms in total. The fraction of sp³-hybridized carbons (Fsp3) is 0.600.